The summed E-state index contributed by atoms with van der Waals surface area (Å²) in [7, 11) is 0. The van der Waals surface area contributed by atoms with Crippen LogP contribution in [0.25, 0.3) is 0 Å². The molecule has 0 fully saturated rings. The molecule has 1 rings (SSSR count). The lowest BCUT2D eigenvalue weighted by atomic mass is 10.0. The fraction of sp³-hybridized carbons (Fsp3) is 0.846. The predicted molar refractivity (Wildman–Crippen MR) is 72.9 cm³/mol. The minimum absolute atomic E-state index is 0.337. The summed E-state index contributed by atoms with van der Waals surface area (Å²) in [5, 5.41) is 3.56. The lowest BCUT2D eigenvalue weighted by Gasteiger charge is -2.27. The van der Waals surface area contributed by atoms with Crippen LogP contribution >= 0.6 is 11.8 Å². The van der Waals surface area contributed by atoms with Gasteiger partial charge in [-0.1, -0.05) is 27.7 Å². The van der Waals surface area contributed by atoms with Crippen molar-refractivity contribution in [2.45, 2.75) is 51.3 Å². The lowest BCUT2D eigenvalue weighted by molar-refractivity contribution is 0.220. The van der Waals surface area contributed by atoms with Crippen molar-refractivity contribution in [3.63, 3.8) is 0 Å². The van der Waals surface area contributed by atoms with Gasteiger partial charge < -0.3 is 10.1 Å². The van der Waals surface area contributed by atoms with Crippen LogP contribution < -0.4 is 5.32 Å². The summed E-state index contributed by atoms with van der Waals surface area (Å²) in [5.74, 6) is 1.13. The molecule has 2 nitrogen and oxygen atoms in total. The van der Waals surface area contributed by atoms with E-state index in [1.165, 1.54) is 12.0 Å². The van der Waals surface area contributed by atoms with E-state index in [0.717, 1.165) is 25.3 Å². The number of hydrogen-bond donors (Lipinski definition) is 1. The Morgan fingerprint density at radius 3 is 2.75 bits per heavy atom. The van der Waals surface area contributed by atoms with Crippen LogP contribution in [0.15, 0.2) is 11.8 Å². The summed E-state index contributed by atoms with van der Waals surface area (Å²) in [6, 6.07) is 0.481. The molecule has 0 bridgehead atoms. The maximum Gasteiger partial charge on any atom is 0.0876 e. The van der Waals surface area contributed by atoms with Crippen LogP contribution in [0.5, 0.6) is 0 Å². The fourth-order valence-electron chi connectivity index (χ4n) is 1.72. The smallest absolute Gasteiger partial charge is 0.0876 e. The number of nitrogens with one attached hydrogen (secondary N) is 1. The van der Waals surface area contributed by atoms with Gasteiger partial charge in [-0.2, -0.15) is 11.8 Å². The molecule has 1 N–H and O–H groups in total. The summed E-state index contributed by atoms with van der Waals surface area (Å²) in [4.78, 5) is 0. The Hall–Kier alpha value is -0.150. The number of rotatable bonds is 5. The molecule has 0 aliphatic carbocycles. The third-order valence-corrected chi connectivity index (χ3v) is 3.91. The van der Waals surface area contributed by atoms with Crippen LogP contribution in [-0.2, 0) is 4.74 Å². The topological polar surface area (TPSA) is 21.3 Å². The average molecular weight is 243 g/mol. The summed E-state index contributed by atoms with van der Waals surface area (Å²) in [5.41, 5.74) is 1.44. The van der Waals surface area contributed by atoms with Gasteiger partial charge in [0.05, 0.1) is 12.9 Å². The van der Waals surface area contributed by atoms with Gasteiger partial charge in [-0.05, 0) is 25.0 Å². The van der Waals surface area contributed by atoms with E-state index >= 15 is 0 Å². The van der Waals surface area contributed by atoms with Gasteiger partial charge in [0.2, 0.25) is 0 Å². The first-order chi connectivity index (χ1) is 7.53. The van der Waals surface area contributed by atoms with Crippen molar-refractivity contribution >= 4 is 11.8 Å². The van der Waals surface area contributed by atoms with Crippen LogP contribution in [0.3, 0.4) is 0 Å². The molecule has 0 aromatic rings. The first kappa shape index (κ1) is 13.9. The third-order valence-electron chi connectivity index (χ3n) is 2.54. The molecule has 0 aromatic heterocycles. The minimum Gasteiger partial charge on any atom is -0.501 e. The van der Waals surface area contributed by atoms with Crippen molar-refractivity contribution in [1.82, 2.24) is 5.32 Å². The Morgan fingerprint density at radius 1 is 1.50 bits per heavy atom. The highest BCUT2D eigenvalue weighted by Gasteiger charge is 2.19. The Morgan fingerprint density at radius 2 is 2.25 bits per heavy atom. The van der Waals surface area contributed by atoms with Crippen LogP contribution in [0, 0.1) is 0 Å². The SMILES string of the molecule is CCNC(CSC(C)(C)C)C1=COCCC1. The molecule has 0 aromatic carbocycles. The van der Waals surface area contributed by atoms with Crippen molar-refractivity contribution in [2.75, 3.05) is 18.9 Å². The van der Waals surface area contributed by atoms with Crippen LogP contribution in [0.4, 0.5) is 0 Å². The minimum atomic E-state index is 0.337. The molecule has 0 saturated carbocycles. The summed E-state index contributed by atoms with van der Waals surface area (Å²) >= 11 is 2.02. The Bertz CT molecular complexity index is 233. The zero-order valence-corrected chi connectivity index (χ0v) is 11.8. The standard InChI is InChI=1S/C13H25NOS/c1-5-14-12(10-16-13(2,3)4)11-7-6-8-15-9-11/h9,12,14H,5-8,10H2,1-4H3. The lowest BCUT2D eigenvalue weighted by Crippen LogP contribution is -2.35. The van der Waals surface area contributed by atoms with Gasteiger partial charge in [0, 0.05) is 16.5 Å². The second-order valence-electron chi connectivity index (χ2n) is 5.20. The molecule has 1 heterocycles. The summed E-state index contributed by atoms with van der Waals surface area (Å²) in [6.07, 6.45) is 4.32. The highest BCUT2D eigenvalue weighted by Crippen LogP contribution is 2.27. The third kappa shape index (κ3) is 5.26. The zero-order valence-electron chi connectivity index (χ0n) is 11.0. The van der Waals surface area contributed by atoms with Crippen molar-refractivity contribution in [1.29, 1.82) is 0 Å². The first-order valence-corrected chi connectivity index (χ1v) is 7.19. The Balaban J connectivity index is 2.49. The van der Waals surface area contributed by atoms with Crippen molar-refractivity contribution in [2.24, 2.45) is 0 Å². The Labute approximate surface area is 104 Å². The van der Waals surface area contributed by atoms with E-state index in [-0.39, 0.29) is 0 Å². The molecule has 0 saturated heterocycles. The average Bonchev–Trinajstić information content (AvgIpc) is 2.24. The molecule has 0 amide bonds. The van der Waals surface area contributed by atoms with Gasteiger partial charge in [-0.15, -0.1) is 0 Å². The molecule has 1 aliphatic rings. The zero-order chi connectivity index (χ0) is 12.0. The Kier molecular flexibility index (Phi) is 5.70. The van der Waals surface area contributed by atoms with E-state index in [9.17, 15) is 0 Å². The molecule has 1 aliphatic heterocycles. The predicted octanol–water partition coefficient (Wildman–Crippen LogP) is 3.19. The van der Waals surface area contributed by atoms with E-state index in [2.05, 4.69) is 33.0 Å². The van der Waals surface area contributed by atoms with E-state index in [1.807, 2.05) is 18.0 Å². The summed E-state index contributed by atoms with van der Waals surface area (Å²) in [6.45, 7) is 10.9. The van der Waals surface area contributed by atoms with Crippen LogP contribution in [0.1, 0.15) is 40.5 Å². The molecule has 1 atom stereocenters. The molecule has 0 radical (unpaired) electrons. The van der Waals surface area contributed by atoms with Gasteiger partial charge in [-0.3, -0.25) is 0 Å². The van der Waals surface area contributed by atoms with Crippen LogP contribution in [-0.4, -0.2) is 29.7 Å². The molecule has 3 heteroatoms. The van der Waals surface area contributed by atoms with E-state index in [4.69, 9.17) is 4.74 Å². The number of thioether (sulfide) groups is 1. The number of ether oxygens (including phenoxy) is 1. The molecule has 1 unspecified atom stereocenters. The van der Waals surface area contributed by atoms with Gasteiger partial charge in [-0.25, -0.2) is 0 Å². The molecular weight excluding hydrogens is 218 g/mol. The molecule has 16 heavy (non-hydrogen) atoms. The molecule has 94 valence electrons. The van der Waals surface area contributed by atoms with Gasteiger partial charge in [0.1, 0.15) is 0 Å². The molecular formula is C13H25NOS. The fourth-order valence-corrected chi connectivity index (χ4v) is 2.72. The normalized spacial score (nSPS) is 18.9. The summed E-state index contributed by atoms with van der Waals surface area (Å²) < 4.78 is 5.77. The van der Waals surface area contributed by atoms with Crippen LogP contribution in [0.2, 0.25) is 0 Å². The van der Waals surface area contributed by atoms with Gasteiger partial charge >= 0.3 is 0 Å². The highest BCUT2D eigenvalue weighted by molar-refractivity contribution is 8.00. The first-order valence-electron chi connectivity index (χ1n) is 6.21. The van der Waals surface area contributed by atoms with Gasteiger partial charge in [0.25, 0.3) is 0 Å². The maximum atomic E-state index is 5.43. The molecule has 0 spiro atoms. The van der Waals surface area contributed by atoms with E-state index in [1.54, 1.807) is 0 Å². The second-order valence-corrected chi connectivity index (χ2v) is 7.05. The monoisotopic (exact) mass is 243 g/mol. The van der Waals surface area contributed by atoms with Gasteiger partial charge in [0.15, 0.2) is 0 Å². The van der Waals surface area contributed by atoms with Crippen molar-refractivity contribution in [3.8, 4) is 0 Å². The largest absolute Gasteiger partial charge is 0.501 e. The second kappa shape index (κ2) is 6.55. The van der Waals surface area contributed by atoms with Crippen molar-refractivity contribution in [3.05, 3.63) is 11.8 Å². The van der Waals surface area contributed by atoms with E-state index in [0.29, 0.717) is 10.8 Å². The van der Waals surface area contributed by atoms with Crippen molar-refractivity contribution < 1.29 is 4.74 Å². The number of hydrogen-bond acceptors (Lipinski definition) is 3. The number of likely N-dealkylation sites (N-methyl/N-ethyl adjacent to an activating group) is 1. The van der Waals surface area contributed by atoms with E-state index < -0.39 is 0 Å². The quantitative estimate of drug-likeness (QED) is 0.801. The maximum absolute atomic E-state index is 5.43. The highest BCUT2D eigenvalue weighted by atomic mass is 32.2.